The summed E-state index contributed by atoms with van der Waals surface area (Å²) in [5.74, 6) is 2.86. The lowest BCUT2D eigenvalue weighted by Crippen LogP contribution is -2.49. The van der Waals surface area contributed by atoms with E-state index >= 15 is 0 Å². The summed E-state index contributed by atoms with van der Waals surface area (Å²) in [4.78, 5) is 31.6. The molecule has 6 nitrogen and oxygen atoms in total. The number of hydrogen-bond acceptors (Lipinski definition) is 4. The van der Waals surface area contributed by atoms with Crippen LogP contribution in [-0.2, 0) is 9.59 Å². The minimum absolute atomic E-state index is 0.179. The van der Waals surface area contributed by atoms with Gasteiger partial charge in [-0.1, -0.05) is 31.4 Å². The second kappa shape index (κ2) is 10.4. The lowest BCUT2D eigenvalue weighted by atomic mass is 9.75. The maximum absolute atomic E-state index is 12.7. The van der Waals surface area contributed by atoms with Crippen molar-refractivity contribution >= 4 is 17.5 Å². The van der Waals surface area contributed by atoms with Crippen LogP contribution in [0.25, 0.3) is 0 Å². The second-order valence-corrected chi connectivity index (χ2v) is 9.33. The Morgan fingerprint density at radius 1 is 0.871 bits per heavy atom. The summed E-state index contributed by atoms with van der Waals surface area (Å²) in [6, 6.07) is 8.03. The van der Waals surface area contributed by atoms with E-state index < -0.39 is 0 Å². The third-order valence-electron chi connectivity index (χ3n) is 7.48. The Bertz CT molecular complexity index is 760. The molecule has 2 atom stereocenters. The van der Waals surface area contributed by atoms with Crippen LogP contribution in [0.1, 0.15) is 51.4 Å². The van der Waals surface area contributed by atoms with Crippen molar-refractivity contribution in [3.05, 3.63) is 24.3 Å². The molecule has 1 aromatic rings. The molecular weight excluding hydrogens is 390 g/mol. The van der Waals surface area contributed by atoms with Crippen LogP contribution in [0.5, 0.6) is 5.75 Å². The summed E-state index contributed by atoms with van der Waals surface area (Å²) in [6.45, 7) is 4.92. The summed E-state index contributed by atoms with van der Waals surface area (Å²) in [5.41, 5.74) is 1.09. The van der Waals surface area contributed by atoms with Gasteiger partial charge < -0.3 is 19.4 Å². The highest BCUT2D eigenvalue weighted by Gasteiger charge is 2.32. The lowest BCUT2D eigenvalue weighted by Gasteiger charge is -2.41. The van der Waals surface area contributed by atoms with E-state index in [4.69, 9.17) is 4.74 Å². The smallest absolute Gasteiger partial charge is 0.222 e. The van der Waals surface area contributed by atoms with Gasteiger partial charge >= 0.3 is 0 Å². The van der Waals surface area contributed by atoms with Crippen LogP contribution in [0.2, 0.25) is 0 Å². The molecule has 0 spiro atoms. The zero-order valence-corrected chi connectivity index (χ0v) is 18.9. The molecule has 0 bridgehead atoms. The van der Waals surface area contributed by atoms with Crippen molar-refractivity contribution in [2.45, 2.75) is 51.4 Å². The van der Waals surface area contributed by atoms with Gasteiger partial charge in [0.1, 0.15) is 5.75 Å². The molecule has 2 saturated heterocycles. The van der Waals surface area contributed by atoms with Gasteiger partial charge in [0.15, 0.2) is 0 Å². The summed E-state index contributed by atoms with van der Waals surface area (Å²) >= 11 is 0. The van der Waals surface area contributed by atoms with E-state index in [1.165, 1.54) is 32.1 Å². The number of para-hydroxylation sites is 2. The van der Waals surface area contributed by atoms with Crippen LogP contribution >= 0.6 is 0 Å². The number of benzene rings is 1. The highest BCUT2D eigenvalue weighted by atomic mass is 16.5. The van der Waals surface area contributed by atoms with Crippen LogP contribution < -0.4 is 9.64 Å². The van der Waals surface area contributed by atoms with Crippen LogP contribution in [-0.4, -0.2) is 68.0 Å². The van der Waals surface area contributed by atoms with E-state index in [2.05, 4.69) is 15.9 Å². The number of likely N-dealkylation sites (tertiary alicyclic amines) is 1. The van der Waals surface area contributed by atoms with Gasteiger partial charge in [-0.05, 0) is 43.2 Å². The Morgan fingerprint density at radius 2 is 1.55 bits per heavy atom. The van der Waals surface area contributed by atoms with Gasteiger partial charge in [0, 0.05) is 52.1 Å². The van der Waals surface area contributed by atoms with E-state index in [1.807, 2.05) is 23.1 Å². The van der Waals surface area contributed by atoms with Crippen LogP contribution in [0.15, 0.2) is 24.3 Å². The van der Waals surface area contributed by atoms with E-state index in [1.54, 1.807) is 7.11 Å². The zero-order valence-electron chi connectivity index (χ0n) is 18.9. The monoisotopic (exact) mass is 427 g/mol. The molecule has 1 saturated carbocycles. The predicted molar refractivity (Wildman–Crippen MR) is 122 cm³/mol. The standard InChI is InChI=1S/C25H37N3O3/c1-31-23-10-5-4-9-22(23)26-15-17-27(18-16-26)24(29)11-6-12-25(30)28-14-13-20-7-2-3-8-21(20)19-28/h4-5,9-10,20-21H,2-3,6-8,11-19H2,1H3. The van der Waals surface area contributed by atoms with Crippen molar-refractivity contribution in [1.82, 2.24) is 9.80 Å². The minimum atomic E-state index is 0.179. The molecule has 1 aliphatic carbocycles. The molecular formula is C25H37N3O3. The molecule has 0 radical (unpaired) electrons. The Labute approximate surface area is 186 Å². The number of ether oxygens (including phenoxy) is 1. The number of anilines is 1. The number of hydrogen-bond donors (Lipinski definition) is 0. The van der Waals surface area contributed by atoms with Gasteiger partial charge in [0.2, 0.25) is 11.8 Å². The van der Waals surface area contributed by atoms with Gasteiger partial charge in [-0.15, -0.1) is 0 Å². The predicted octanol–water partition coefficient (Wildman–Crippen LogP) is 3.55. The summed E-state index contributed by atoms with van der Waals surface area (Å²) in [5, 5.41) is 0. The number of carbonyl (C=O) groups excluding carboxylic acids is 2. The molecule has 3 fully saturated rings. The van der Waals surface area contributed by atoms with Crippen LogP contribution in [0.3, 0.4) is 0 Å². The molecule has 170 valence electrons. The average Bonchev–Trinajstić information content (AvgIpc) is 2.83. The van der Waals surface area contributed by atoms with Crippen molar-refractivity contribution in [1.29, 1.82) is 0 Å². The minimum Gasteiger partial charge on any atom is -0.495 e. The number of rotatable bonds is 6. The van der Waals surface area contributed by atoms with E-state index in [9.17, 15) is 9.59 Å². The van der Waals surface area contributed by atoms with Crippen molar-refractivity contribution in [3.63, 3.8) is 0 Å². The van der Waals surface area contributed by atoms with E-state index in [0.717, 1.165) is 56.6 Å². The molecule has 4 rings (SSSR count). The highest BCUT2D eigenvalue weighted by Crippen LogP contribution is 2.36. The first-order chi connectivity index (χ1) is 15.2. The first-order valence-electron chi connectivity index (χ1n) is 12.1. The highest BCUT2D eigenvalue weighted by molar-refractivity contribution is 5.79. The fraction of sp³-hybridized carbons (Fsp3) is 0.680. The molecule has 2 unspecified atom stereocenters. The van der Waals surface area contributed by atoms with Crippen molar-refractivity contribution < 1.29 is 14.3 Å². The Kier molecular flexibility index (Phi) is 7.36. The fourth-order valence-corrected chi connectivity index (χ4v) is 5.62. The number of carbonyl (C=O) groups is 2. The third-order valence-corrected chi connectivity index (χ3v) is 7.48. The average molecular weight is 428 g/mol. The molecule has 0 N–H and O–H groups in total. The summed E-state index contributed by atoms with van der Waals surface area (Å²) in [7, 11) is 1.69. The van der Waals surface area contributed by atoms with Crippen molar-refractivity contribution in [3.8, 4) is 5.75 Å². The van der Waals surface area contributed by atoms with E-state index in [-0.39, 0.29) is 11.8 Å². The zero-order chi connectivity index (χ0) is 21.6. The maximum atomic E-state index is 12.7. The first kappa shape index (κ1) is 22.0. The Hall–Kier alpha value is -2.24. The van der Waals surface area contributed by atoms with E-state index in [0.29, 0.717) is 25.2 Å². The number of piperidine rings is 1. The third kappa shape index (κ3) is 5.34. The second-order valence-electron chi connectivity index (χ2n) is 9.33. The number of piperazine rings is 1. The molecule has 1 aromatic carbocycles. The van der Waals surface area contributed by atoms with Crippen LogP contribution in [0, 0.1) is 11.8 Å². The summed E-state index contributed by atoms with van der Waals surface area (Å²) in [6.07, 6.45) is 8.14. The number of fused-ring (bicyclic) bond motifs is 1. The fourth-order valence-electron chi connectivity index (χ4n) is 5.62. The quantitative estimate of drug-likeness (QED) is 0.697. The SMILES string of the molecule is COc1ccccc1N1CCN(C(=O)CCCC(=O)N2CCC3CCCCC3C2)CC1. The summed E-state index contributed by atoms with van der Waals surface area (Å²) < 4.78 is 5.47. The molecule has 2 aliphatic heterocycles. The molecule has 31 heavy (non-hydrogen) atoms. The largest absolute Gasteiger partial charge is 0.495 e. The number of methoxy groups -OCH3 is 1. The molecule has 2 amide bonds. The molecule has 6 heteroatoms. The Balaban J connectivity index is 1.17. The van der Waals surface area contributed by atoms with Gasteiger partial charge in [0.05, 0.1) is 12.8 Å². The first-order valence-corrected chi connectivity index (χ1v) is 12.1. The van der Waals surface area contributed by atoms with Crippen molar-refractivity contribution in [2.24, 2.45) is 11.8 Å². The van der Waals surface area contributed by atoms with Gasteiger partial charge in [0.25, 0.3) is 0 Å². The normalized spacial score (nSPS) is 24.0. The maximum Gasteiger partial charge on any atom is 0.222 e. The van der Waals surface area contributed by atoms with Gasteiger partial charge in [-0.25, -0.2) is 0 Å². The Morgan fingerprint density at radius 3 is 2.29 bits per heavy atom. The molecule has 2 heterocycles. The lowest BCUT2D eigenvalue weighted by molar-refractivity contribution is -0.135. The molecule has 3 aliphatic rings. The number of nitrogens with zero attached hydrogens (tertiary/aromatic N) is 3. The topological polar surface area (TPSA) is 53.1 Å². The number of amides is 2. The van der Waals surface area contributed by atoms with Crippen LogP contribution in [0.4, 0.5) is 5.69 Å². The molecule has 0 aromatic heterocycles. The van der Waals surface area contributed by atoms with Gasteiger partial charge in [-0.2, -0.15) is 0 Å². The van der Waals surface area contributed by atoms with Crippen molar-refractivity contribution in [2.75, 3.05) is 51.3 Å². The van der Waals surface area contributed by atoms with Gasteiger partial charge in [-0.3, -0.25) is 9.59 Å².